The van der Waals surface area contributed by atoms with E-state index in [-0.39, 0.29) is 0 Å². The smallest absolute Gasteiger partial charge is 0.252 e. The molecule has 0 aliphatic heterocycles. The summed E-state index contributed by atoms with van der Waals surface area (Å²) >= 11 is 0. The third kappa shape index (κ3) is 1.81. The molecule has 0 unspecified atom stereocenters. The van der Waals surface area contributed by atoms with Crippen molar-refractivity contribution in [1.82, 2.24) is 5.32 Å². The van der Waals surface area contributed by atoms with Gasteiger partial charge in [0.15, 0.2) is 0 Å². The molecule has 0 aromatic carbocycles. The van der Waals surface area contributed by atoms with E-state index < -0.39 is 17.7 Å². The molecule has 0 atom stereocenters. The molecule has 4 heteroatoms. The van der Waals surface area contributed by atoms with Gasteiger partial charge in [-0.2, -0.15) is 0 Å². The molecule has 1 N–H and O–H groups in total. The van der Waals surface area contributed by atoms with Crippen LogP contribution in [-0.2, 0) is 4.79 Å². The average Bonchev–Trinajstić information content (AvgIpc) is 2.17. The first-order valence-electron chi connectivity index (χ1n) is 4.64. The van der Waals surface area contributed by atoms with Crippen molar-refractivity contribution in [3.63, 3.8) is 0 Å². The van der Waals surface area contributed by atoms with Gasteiger partial charge in [-0.25, -0.2) is 8.78 Å². The van der Waals surface area contributed by atoms with E-state index in [0.717, 1.165) is 19.3 Å². The zero-order valence-corrected chi connectivity index (χ0v) is 7.78. The Hall–Kier alpha value is -0.670. The summed E-state index contributed by atoms with van der Waals surface area (Å²) in [6, 6.07) is 0. The topological polar surface area (TPSA) is 29.1 Å². The lowest BCUT2D eigenvalue weighted by atomic mass is 9.73. The Morgan fingerprint density at radius 2 is 1.85 bits per heavy atom. The molecule has 1 rings (SSSR count). The van der Waals surface area contributed by atoms with Crippen molar-refractivity contribution in [2.24, 2.45) is 5.41 Å². The summed E-state index contributed by atoms with van der Waals surface area (Å²) in [7, 11) is 1.42. The Morgan fingerprint density at radius 1 is 1.31 bits per heavy atom. The van der Waals surface area contributed by atoms with Gasteiger partial charge in [0, 0.05) is 7.05 Å². The monoisotopic (exact) mass is 191 g/mol. The second kappa shape index (κ2) is 4.03. The van der Waals surface area contributed by atoms with Crippen molar-refractivity contribution in [2.45, 2.75) is 38.5 Å². The Balaban J connectivity index is 2.79. The fraction of sp³-hybridized carbons (Fsp3) is 0.889. The van der Waals surface area contributed by atoms with E-state index in [1.54, 1.807) is 0 Å². The highest BCUT2D eigenvalue weighted by atomic mass is 19.3. The molecular weight excluding hydrogens is 176 g/mol. The van der Waals surface area contributed by atoms with Gasteiger partial charge < -0.3 is 5.32 Å². The van der Waals surface area contributed by atoms with Crippen LogP contribution in [0.4, 0.5) is 8.78 Å². The van der Waals surface area contributed by atoms with E-state index >= 15 is 0 Å². The summed E-state index contributed by atoms with van der Waals surface area (Å²) in [6.07, 6.45) is 0.545. The lowest BCUT2D eigenvalue weighted by Gasteiger charge is -2.34. The lowest BCUT2D eigenvalue weighted by Crippen LogP contribution is -2.45. The summed E-state index contributed by atoms with van der Waals surface area (Å²) < 4.78 is 25.5. The molecule has 2 nitrogen and oxygen atoms in total. The Morgan fingerprint density at radius 3 is 2.23 bits per heavy atom. The maximum Gasteiger partial charge on any atom is 0.252 e. The largest absolute Gasteiger partial charge is 0.359 e. The molecule has 1 amide bonds. The minimum Gasteiger partial charge on any atom is -0.359 e. The van der Waals surface area contributed by atoms with Crippen molar-refractivity contribution in [3.05, 3.63) is 0 Å². The Labute approximate surface area is 76.7 Å². The quantitative estimate of drug-likeness (QED) is 0.710. The number of nitrogens with one attached hydrogen (secondary N) is 1. The number of amides is 1. The summed E-state index contributed by atoms with van der Waals surface area (Å²) in [5.74, 6) is -0.498. The van der Waals surface area contributed by atoms with Crippen LogP contribution >= 0.6 is 0 Å². The van der Waals surface area contributed by atoms with E-state index in [1.165, 1.54) is 7.05 Å². The predicted octanol–water partition coefficient (Wildman–Crippen LogP) is 1.95. The zero-order valence-electron chi connectivity index (χ0n) is 7.78. The van der Waals surface area contributed by atoms with Crippen LogP contribution < -0.4 is 5.32 Å². The number of halogens is 2. The molecule has 0 aromatic heterocycles. The Bertz CT molecular complexity index is 188. The first kappa shape index (κ1) is 10.4. The molecule has 0 heterocycles. The lowest BCUT2D eigenvalue weighted by molar-refractivity contribution is -0.144. The van der Waals surface area contributed by atoms with Crippen LogP contribution in [0.3, 0.4) is 0 Å². The van der Waals surface area contributed by atoms with Gasteiger partial charge in [0.2, 0.25) is 5.91 Å². The van der Waals surface area contributed by atoms with Crippen molar-refractivity contribution >= 4 is 5.91 Å². The van der Waals surface area contributed by atoms with E-state index in [4.69, 9.17) is 0 Å². The molecule has 1 aliphatic rings. The second-order valence-corrected chi connectivity index (χ2v) is 3.60. The van der Waals surface area contributed by atoms with E-state index in [0.29, 0.717) is 12.8 Å². The van der Waals surface area contributed by atoms with Gasteiger partial charge in [0.05, 0.1) is 0 Å². The molecule has 0 spiro atoms. The number of alkyl halides is 2. The number of carbonyl (C=O) groups is 1. The van der Waals surface area contributed by atoms with Crippen molar-refractivity contribution < 1.29 is 13.6 Å². The van der Waals surface area contributed by atoms with Gasteiger partial charge in [-0.05, 0) is 12.8 Å². The molecule has 1 aliphatic carbocycles. The molecular formula is C9H15F2NO. The van der Waals surface area contributed by atoms with Crippen molar-refractivity contribution in [3.8, 4) is 0 Å². The van der Waals surface area contributed by atoms with Gasteiger partial charge in [-0.3, -0.25) is 4.79 Å². The van der Waals surface area contributed by atoms with Crippen LogP contribution in [0, 0.1) is 5.41 Å². The first-order valence-corrected chi connectivity index (χ1v) is 4.64. The van der Waals surface area contributed by atoms with Gasteiger partial charge >= 0.3 is 0 Å². The Kier molecular flexibility index (Phi) is 3.22. The van der Waals surface area contributed by atoms with Gasteiger partial charge in [0.1, 0.15) is 5.41 Å². The number of carbonyl (C=O) groups excluding carboxylic acids is 1. The molecule has 0 bridgehead atoms. The zero-order chi connectivity index (χ0) is 9.90. The van der Waals surface area contributed by atoms with Gasteiger partial charge in [0.25, 0.3) is 6.43 Å². The van der Waals surface area contributed by atoms with Crippen LogP contribution in [0.2, 0.25) is 0 Å². The number of rotatable bonds is 2. The predicted molar refractivity (Wildman–Crippen MR) is 45.6 cm³/mol. The standard InChI is InChI=1S/C9H15F2NO/c1-12-8(13)9(7(10)11)5-3-2-4-6-9/h7H,2-6H2,1H3,(H,12,13). The van der Waals surface area contributed by atoms with E-state index in [9.17, 15) is 13.6 Å². The van der Waals surface area contributed by atoms with Crippen LogP contribution in [0.15, 0.2) is 0 Å². The number of hydrogen-bond acceptors (Lipinski definition) is 1. The maximum atomic E-state index is 12.8. The molecule has 0 radical (unpaired) electrons. The first-order chi connectivity index (χ1) is 6.13. The molecule has 0 saturated heterocycles. The molecule has 76 valence electrons. The van der Waals surface area contributed by atoms with Gasteiger partial charge in [-0.1, -0.05) is 19.3 Å². The summed E-state index contributed by atoms with van der Waals surface area (Å²) in [5.41, 5.74) is -1.40. The SMILES string of the molecule is CNC(=O)C1(C(F)F)CCCCC1. The van der Waals surface area contributed by atoms with Crippen LogP contribution in [0.5, 0.6) is 0 Å². The highest BCUT2D eigenvalue weighted by Gasteiger charge is 2.46. The second-order valence-electron chi connectivity index (χ2n) is 3.60. The molecule has 0 aromatic rings. The fourth-order valence-electron chi connectivity index (χ4n) is 1.98. The van der Waals surface area contributed by atoms with Crippen LogP contribution in [-0.4, -0.2) is 19.4 Å². The third-order valence-corrected chi connectivity index (χ3v) is 2.84. The number of hydrogen-bond donors (Lipinski definition) is 1. The molecule has 1 fully saturated rings. The van der Waals surface area contributed by atoms with Crippen molar-refractivity contribution in [2.75, 3.05) is 7.05 Å². The van der Waals surface area contributed by atoms with Crippen LogP contribution in [0.25, 0.3) is 0 Å². The van der Waals surface area contributed by atoms with Crippen LogP contribution in [0.1, 0.15) is 32.1 Å². The summed E-state index contributed by atoms with van der Waals surface area (Å²) in [5, 5.41) is 2.34. The minimum absolute atomic E-state index is 0.324. The van der Waals surface area contributed by atoms with Gasteiger partial charge in [-0.15, -0.1) is 0 Å². The summed E-state index contributed by atoms with van der Waals surface area (Å²) in [4.78, 5) is 11.3. The third-order valence-electron chi connectivity index (χ3n) is 2.84. The molecule has 1 saturated carbocycles. The van der Waals surface area contributed by atoms with E-state index in [1.807, 2.05) is 0 Å². The van der Waals surface area contributed by atoms with Crippen molar-refractivity contribution in [1.29, 1.82) is 0 Å². The highest BCUT2D eigenvalue weighted by molar-refractivity contribution is 5.82. The molecule has 13 heavy (non-hydrogen) atoms. The minimum atomic E-state index is -2.53. The maximum absolute atomic E-state index is 12.8. The summed E-state index contributed by atoms with van der Waals surface area (Å²) in [6.45, 7) is 0. The average molecular weight is 191 g/mol. The highest BCUT2D eigenvalue weighted by Crippen LogP contribution is 2.41. The van der Waals surface area contributed by atoms with E-state index in [2.05, 4.69) is 5.32 Å². The fourth-order valence-corrected chi connectivity index (χ4v) is 1.98. The normalized spacial score (nSPS) is 21.5.